The van der Waals surface area contributed by atoms with Gasteiger partial charge in [-0.3, -0.25) is 0 Å². The molecular weight excluding hydrogens is 176 g/mol. The number of aromatic nitrogens is 1. The summed E-state index contributed by atoms with van der Waals surface area (Å²) in [5, 5.41) is 8.73. The summed E-state index contributed by atoms with van der Waals surface area (Å²) in [5.74, 6) is 0.998. The van der Waals surface area contributed by atoms with Crippen molar-refractivity contribution in [3.05, 3.63) is 23.4 Å². The maximum atomic E-state index is 8.73. The van der Waals surface area contributed by atoms with Crippen LogP contribution in [0.3, 0.4) is 0 Å². The van der Waals surface area contributed by atoms with Gasteiger partial charge in [0.1, 0.15) is 0 Å². The minimum Gasteiger partial charge on any atom is -0.477 e. The van der Waals surface area contributed by atoms with Gasteiger partial charge in [0.15, 0.2) is 0 Å². The summed E-state index contributed by atoms with van der Waals surface area (Å²) in [6.07, 6.45) is 0. The molecule has 0 aliphatic carbocycles. The van der Waals surface area contributed by atoms with Crippen LogP contribution in [0.15, 0.2) is 12.1 Å². The lowest BCUT2D eigenvalue weighted by atomic mass is 10.2. The van der Waals surface area contributed by atoms with E-state index in [1.165, 1.54) is 0 Å². The van der Waals surface area contributed by atoms with Crippen molar-refractivity contribution in [2.24, 2.45) is 5.92 Å². The second-order valence-corrected chi connectivity index (χ2v) is 3.65. The number of nitriles is 1. The molecule has 0 saturated heterocycles. The summed E-state index contributed by atoms with van der Waals surface area (Å²) in [6.45, 7) is 6.62. The van der Waals surface area contributed by atoms with Crippen molar-refractivity contribution in [1.82, 2.24) is 4.98 Å². The lowest BCUT2D eigenvalue weighted by Gasteiger charge is -2.08. The predicted molar refractivity (Wildman–Crippen MR) is 54.0 cm³/mol. The molecule has 0 aromatic carbocycles. The second-order valence-electron chi connectivity index (χ2n) is 3.65. The largest absolute Gasteiger partial charge is 0.477 e. The maximum Gasteiger partial charge on any atom is 0.214 e. The molecule has 0 saturated carbocycles. The molecule has 0 bridgehead atoms. The molecule has 0 atom stereocenters. The van der Waals surface area contributed by atoms with Gasteiger partial charge in [0.25, 0.3) is 0 Å². The van der Waals surface area contributed by atoms with Crippen LogP contribution in [0.4, 0.5) is 0 Å². The third kappa shape index (κ3) is 3.06. The van der Waals surface area contributed by atoms with Crippen LogP contribution in [0.5, 0.6) is 5.88 Å². The van der Waals surface area contributed by atoms with Gasteiger partial charge in [-0.15, -0.1) is 0 Å². The number of rotatable bonds is 3. The number of nitrogens with zero attached hydrogens (tertiary/aromatic N) is 2. The van der Waals surface area contributed by atoms with Crippen LogP contribution in [-0.4, -0.2) is 11.6 Å². The topological polar surface area (TPSA) is 45.9 Å². The van der Waals surface area contributed by atoms with E-state index in [2.05, 4.69) is 24.9 Å². The Labute approximate surface area is 84.3 Å². The summed E-state index contributed by atoms with van der Waals surface area (Å²) >= 11 is 0. The van der Waals surface area contributed by atoms with Crippen LogP contribution >= 0.6 is 0 Å². The van der Waals surface area contributed by atoms with E-state index in [9.17, 15) is 0 Å². The molecule has 14 heavy (non-hydrogen) atoms. The van der Waals surface area contributed by atoms with E-state index in [4.69, 9.17) is 10.00 Å². The van der Waals surface area contributed by atoms with Crippen molar-refractivity contribution in [2.45, 2.75) is 20.8 Å². The van der Waals surface area contributed by atoms with E-state index >= 15 is 0 Å². The van der Waals surface area contributed by atoms with Gasteiger partial charge in [0, 0.05) is 11.8 Å². The normalized spacial score (nSPS) is 9.93. The Hall–Kier alpha value is -1.56. The lowest BCUT2D eigenvalue weighted by Crippen LogP contribution is -2.06. The molecule has 3 heteroatoms. The predicted octanol–water partition coefficient (Wildman–Crippen LogP) is 2.30. The molecule has 0 radical (unpaired) electrons. The van der Waals surface area contributed by atoms with E-state index in [0.717, 1.165) is 5.69 Å². The maximum absolute atomic E-state index is 8.73. The van der Waals surface area contributed by atoms with Crippen LogP contribution in [0.2, 0.25) is 0 Å². The van der Waals surface area contributed by atoms with E-state index < -0.39 is 0 Å². The smallest absolute Gasteiger partial charge is 0.214 e. The van der Waals surface area contributed by atoms with Gasteiger partial charge in [-0.05, 0) is 18.9 Å². The van der Waals surface area contributed by atoms with Crippen LogP contribution in [0, 0.1) is 24.2 Å². The van der Waals surface area contributed by atoms with E-state index in [0.29, 0.717) is 24.0 Å². The molecule has 0 amide bonds. The number of hydrogen-bond donors (Lipinski definition) is 0. The summed E-state index contributed by atoms with van der Waals surface area (Å²) < 4.78 is 5.43. The van der Waals surface area contributed by atoms with Crippen molar-refractivity contribution in [1.29, 1.82) is 5.26 Å². The van der Waals surface area contributed by atoms with Gasteiger partial charge in [-0.1, -0.05) is 13.8 Å². The molecule has 0 aliphatic rings. The molecule has 0 N–H and O–H groups in total. The van der Waals surface area contributed by atoms with Crippen LogP contribution < -0.4 is 4.74 Å². The van der Waals surface area contributed by atoms with Gasteiger partial charge in [-0.2, -0.15) is 5.26 Å². The first kappa shape index (κ1) is 10.5. The van der Waals surface area contributed by atoms with E-state index in [-0.39, 0.29) is 0 Å². The molecule has 3 nitrogen and oxygen atoms in total. The van der Waals surface area contributed by atoms with Crippen molar-refractivity contribution < 1.29 is 4.74 Å². The molecule has 1 aromatic rings. The Morgan fingerprint density at radius 3 is 2.79 bits per heavy atom. The molecule has 0 fully saturated rings. The third-order valence-corrected chi connectivity index (χ3v) is 1.62. The lowest BCUT2D eigenvalue weighted by molar-refractivity contribution is 0.261. The molecule has 0 aliphatic heterocycles. The number of hydrogen-bond acceptors (Lipinski definition) is 3. The SMILES string of the molecule is Cc1cc(C#N)cc(OCC(C)C)n1. The highest BCUT2D eigenvalue weighted by atomic mass is 16.5. The van der Waals surface area contributed by atoms with Crippen LogP contribution in [-0.2, 0) is 0 Å². The molecule has 1 rings (SSSR count). The first-order chi connectivity index (χ1) is 6.61. The molecule has 74 valence electrons. The Bertz CT molecular complexity index is 353. The fourth-order valence-electron chi connectivity index (χ4n) is 1.03. The number of aryl methyl sites for hydroxylation is 1. The first-order valence-corrected chi connectivity index (χ1v) is 4.63. The van der Waals surface area contributed by atoms with E-state index in [1.54, 1.807) is 12.1 Å². The van der Waals surface area contributed by atoms with Gasteiger partial charge in [-0.25, -0.2) is 4.98 Å². The Kier molecular flexibility index (Phi) is 3.47. The zero-order valence-electron chi connectivity index (χ0n) is 8.74. The summed E-state index contributed by atoms with van der Waals surface area (Å²) in [7, 11) is 0. The van der Waals surface area contributed by atoms with Crippen molar-refractivity contribution in [2.75, 3.05) is 6.61 Å². The highest BCUT2D eigenvalue weighted by Gasteiger charge is 2.01. The summed E-state index contributed by atoms with van der Waals surface area (Å²) in [6, 6.07) is 5.48. The van der Waals surface area contributed by atoms with Crippen LogP contribution in [0.25, 0.3) is 0 Å². The van der Waals surface area contributed by atoms with E-state index in [1.807, 2.05) is 6.92 Å². The molecule has 0 unspecified atom stereocenters. The summed E-state index contributed by atoms with van der Waals surface area (Å²) in [5.41, 5.74) is 1.40. The van der Waals surface area contributed by atoms with Gasteiger partial charge in [0.05, 0.1) is 18.2 Å². The molecular formula is C11H14N2O. The highest BCUT2D eigenvalue weighted by Crippen LogP contribution is 2.12. The fraction of sp³-hybridized carbons (Fsp3) is 0.455. The average molecular weight is 190 g/mol. The minimum absolute atomic E-state index is 0.461. The average Bonchev–Trinajstić information content (AvgIpc) is 2.14. The third-order valence-electron chi connectivity index (χ3n) is 1.62. The molecule has 1 aromatic heterocycles. The summed E-state index contributed by atoms with van der Waals surface area (Å²) in [4.78, 5) is 4.18. The van der Waals surface area contributed by atoms with Gasteiger partial charge >= 0.3 is 0 Å². The fourth-order valence-corrected chi connectivity index (χ4v) is 1.03. The first-order valence-electron chi connectivity index (χ1n) is 4.63. The zero-order chi connectivity index (χ0) is 10.6. The van der Waals surface area contributed by atoms with Gasteiger partial charge in [0.2, 0.25) is 5.88 Å². The van der Waals surface area contributed by atoms with Crippen LogP contribution in [0.1, 0.15) is 25.1 Å². The van der Waals surface area contributed by atoms with Gasteiger partial charge < -0.3 is 4.74 Å². The van der Waals surface area contributed by atoms with Crippen molar-refractivity contribution in [3.8, 4) is 11.9 Å². The number of pyridine rings is 1. The minimum atomic E-state index is 0.461. The Morgan fingerprint density at radius 2 is 2.21 bits per heavy atom. The number of ether oxygens (including phenoxy) is 1. The molecule has 0 spiro atoms. The Morgan fingerprint density at radius 1 is 1.50 bits per heavy atom. The highest BCUT2D eigenvalue weighted by molar-refractivity contribution is 5.34. The zero-order valence-corrected chi connectivity index (χ0v) is 8.74. The monoisotopic (exact) mass is 190 g/mol. The standard InChI is InChI=1S/C11H14N2O/c1-8(2)7-14-11-5-10(6-12)4-9(3)13-11/h4-5,8H,7H2,1-3H3. The van der Waals surface area contributed by atoms with Crippen molar-refractivity contribution >= 4 is 0 Å². The second kappa shape index (κ2) is 4.61. The quantitative estimate of drug-likeness (QED) is 0.734. The van der Waals surface area contributed by atoms with Crippen molar-refractivity contribution in [3.63, 3.8) is 0 Å². The Balaban J connectivity index is 2.78. The molecule has 1 heterocycles.